The van der Waals surface area contributed by atoms with E-state index in [0.717, 1.165) is 14.4 Å². The molecule has 4 atom stereocenters. The maximum atomic E-state index is 13.0. The number of halogens is 1. The van der Waals surface area contributed by atoms with Crippen LogP contribution in [0.25, 0.3) is 0 Å². The number of amides is 2. The van der Waals surface area contributed by atoms with E-state index in [1.54, 1.807) is 12.3 Å². The molecule has 0 saturated carbocycles. The van der Waals surface area contributed by atoms with Gasteiger partial charge in [0.2, 0.25) is 11.8 Å². The van der Waals surface area contributed by atoms with Gasteiger partial charge in [0.1, 0.15) is 6.04 Å². The van der Waals surface area contributed by atoms with Crippen molar-refractivity contribution in [3.05, 3.63) is 50.9 Å². The molecule has 27 heavy (non-hydrogen) atoms. The number of aromatic nitrogens is 1. The number of nitrogens with one attached hydrogen (secondary N) is 1. The Balaban J connectivity index is 1.60. The molecule has 0 spiro atoms. The molecule has 2 aliphatic heterocycles. The van der Waals surface area contributed by atoms with Crippen LogP contribution in [0.5, 0.6) is 0 Å². The molecular formula is C18H16BrN3O4S. The van der Waals surface area contributed by atoms with Gasteiger partial charge in [-0.15, -0.1) is 11.3 Å². The normalized spacial score (nSPS) is 27.2. The third-order valence-electron chi connectivity index (χ3n) is 5.05. The standard InChI is InChI=1S/C18H16BrN3O4S/c19-11-5-4-10(27-11)14-12-13(15(21-14)18(25)26)17(24)22(16(12)23)8-6-9-3-1-2-7-20-9/h1-5,7,12-15,21H,6,8H2,(H,25,26). The number of nitrogens with zero attached hydrogens (tertiary/aromatic N) is 2. The molecule has 4 unspecified atom stereocenters. The zero-order valence-corrected chi connectivity index (χ0v) is 16.4. The van der Waals surface area contributed by atoms with E-state index >= 15 is 0 Å². The molecule has 2 aromatic rings. The maximum Gasteiger partial charge on any atom is 0.321 e. The number of aliphatic carboxylic acids is 1. The van der Waals surface area contributed by atoms with E-state index in [1.807, 2.05) is 24.3 Å². The van der Waals surface area contributed by atoms with Crippen molar-refractivity contribution in [1.82, 2.24) is 15.2 Å². The predicted octanol–water partition coefficient (Wildman–Crippen LogP) is 1.85. The van der Waals surface area contributed by atoms with Crippen LogP contribution in [0.1, 0.15) is 16.6 Å². The molecule has 2 fully saturated rings. The van der Waals surface area contributed by atoms with E-state index < -0.39 is 35.8 Å². The number of hydrogen-bond donors (Lipinski definition) is 2. The quantitative estimate of drug-likeness (QED) is 0.675. The van der Waals surface area contributed by atoms with Crippen molar-refractivity contribution < 1.29 is 19.5 Å². The number of fused-ring (bicyclic) bond motifs is 1. The number of likely N-dealkylation sites (tertiary alicyclic amines) is 1. The zero-order chi connectivity index (χ0) is 19.1. The number of carbonyl (C=O) groups excluding carboxylic acids is 2. The molecule has 2 aliphatic rings. The molecule has 2 saturated heterocycles. The summed E-state index contributed by atoms with van der Waals surface area (Å²) in [6.07, 6.45) is 2.10. The summed E-state index contributed by atoms with van der Waals surface area (Å²) in [6.45, 7) is 0.203. The van der Waals surface area contributed by atoms with Gasteiger partial charge in [0.05, 0.1) is 21.7 Å². The van der Waals surface area contributed by atoms with Crippen LogP contribution in [0, 0.1) is 11.8 Å². The van der Waals surface area contributed by atoms with Crippen molar-refractivity contribution in [3.8, 4) is 0 Å². The Bertz CT molecular complexity index is 903. The van der Waals surface area contributed by atoms with Crippen molar-refractivity contribution in [2.24, 2.45) is 11.8 Å². The van der Waals surface area contributed by atoms with Crippen LogP contribution in [0.15, 0.2) is 40.3 Å². The Hall–Kier alpha value is -2.10. The van der Waals surface area contributed by atoms with E-state index in [0.29, 0.717) is 6.42 Å². The number of thiophene rings is 1. The number of hydrogen-bond acceptors (Lipinski definition) is 6. The minimum atomic E-state index is -1.11. The molecule has 7 nitrogen and oxygen atoms in total. The minimum Gasteiger partial charge on any atom is -0.480 e. The molecule has 0 bridgehead atoms. The van der Waals surface area contributed by atoms with Crippen molar-refractivity contribution in [3.63, 3.8) is 0 Å². The first-order chi connectivity index (χ1) is 13.0. The van der Waals surface area contributed by atoms with Crippen molar-refractivity contribution in [2.75, 3.05) is 6.54 Å². The SMILES string of the molecule is O=C(O)C1NC(c2ccc(Br)s2)C2C(=O)N(CCc3ccccn3)C(=O)C12. The maximum absolute atomic E-state index is 13.0. The van der Waals surface area contributed by atoms with E-state index in [4.69, 9.17) is 0 Å². The molecule has 0 aliphatic carbocycles. The van der Waals surface area contributed by atoms with Gasteiger partial charge >= 0.3 is 5.97 Å². The monoisotopic (exact) mass is 449 g/mol. The highest BCUT2D eigenvalue weighted by Crippen LogP contribution is 2.46. The summed E-state index contributed by atoms with van der Waals surface area (Å²) < 4.78 is 0.887. The van der Waals surface area contributed by atoms with Crippen molar-refractivity contribution in [2.45, 2.75) is 18.5 Å². The highest BCUT2D eigenvalue weighted by molar-refractivity contribution is 9.11. The average molecular weight is 450 g/mol. The number of carboxylic acid groups (broad SMARTS) is 1. The second-order valence-corrected chi connectivity index (χ2v) is 9.05. The number of carbonyl (C=O) groups is 3. The lowest BCUT2D eigenvalue weighted by Crippen LogP contribution is -2.43. The minimum absolute atomic E-state index is 0.203. The van der Waals surface area contributed by atoms with Crippen LogP contribution in [0.3, 0.4) is 0 Å². The molecule has 0 aromatic carbocycles. The molecule has 2 amide bonds. The Kier molecular flexibility index (Phi) is 4.83. The summed E-state index contributed by atoms with van der Waals surface area (Å²) in [5.41, 5.74) is 0.779. The van der Waals surface area contributed by atoms with E-state index in [2.05, 4.69) is 26.2 Å². The van der Waals surface area contributed by atoms with E-state index in [-0.39, 0.29) is 12.5 Å². The van der Waals surface area contributed by atoms with Crippen LogP contribution < -0.4 is 5.32 Å². The fourth-order valence-corrected chi connectivity index (χ4v) is 5.38. The van der Waals surface area contributed by atoms with Gasteiger partial charge in [0, 0.05) is 29.7 Å². The molecule has 0 radical (unpaired) electrons. The first-order valence-electron chi connectivity index (χ1n) is 8.46. The smallest absolute Gasteiger partial charge is 0.321 e. The van der Waals surface area contributed by atoms with Crippen LogP contribution >= 0.6 is 27.3 Å². The van der Waals surface area contributed by atoms with E-state index in [9.17, 15) is 19.5 Å². The van der Waals surface area contributed by atoms with Crippen LogP contribution in [0.2, 0.25) is 0 Å². The Morgan fingerprint density at radius 3 is 2.63 bits per heavy atom. The van der Waals surface area contributed by atoms with Crippen LogP contribution in [-0.4, -0.2) is 45.4 Å². The fourth-order valence-electron chi connectivity index (χ4n) is 3.85. The lowest BCUT2D eigenvalue weighted by molar-refractivity contribution is -0.146. The molecule has 2 N–H and O–H groups in total. The average Bonchev–Trinajstić information content (AvgIpc) is 3.31. The first kappa shape index (κ1) is 18.3. The number of rotatable bonds is 5. The summed E-state index contributed by atoms with van der Waals surface area (Å²) in [6, 6.07) is 7.62. The first-order valence-corrected chi connectivity index (χ1v) is 10.1. The summed E-state index contributed by atoms with van der Waals surface area (Å²) in [4.78, 5) is 43.9. The van der Waals surface area contributed by atoms with Gasteiger partial charge < -0.3 is 5.11 Å². The van der Waals surface area contributed by atoms with Crippen molar-refractivity contribution >= 4 is 45.1 Å². The van der Waals surface area contributed by atoms with Gasteiger partial charge in [-0.05, 0) is 40.2 Å². The van der Waals surface area contributed by atoms with Gasteiger partial charge in [-0.1, -0.05) is 6.07 Å². The molecule has 140 valence electrons. The highest BCUT2D eigenvalue weighted by atomic mass is 79.9. The Labute approximate surface area is 167 Å². The number of imide groups is 1. The largest absolute Gasteiger partial charge is 0.480 e. The van der Waals surface area contributed by atoms with Gasteiger partial charge in [-0.2, -0.15) is 0 Å². The van der Waals surface area contributed by atoms with Gasteiger partial charge in [-0.25, -0.2) is 0 Å². The third kappa shape index (κ3) is 3.19. The lowest BCUT2D eigenvalue weighted by Gasteiger charge is -2.20. The molecule has 4 heterocycles. The third-order valence-corrected chi connectivity index (χ3v) is 6.76. The Morgan fingerprint density at radius 1 is 1.22 bits per heavy atom. The van der Waals surface area contributed by atoms with Gasteiger partial charge in [0.25, 0.3) is 0 Å². The summed E-state index contributed by atoms with van der Waals surface area (Å²) >= 11 is 4.82. The van der Waals surface area contributed by atoms with E-state index in [1.165, 1.54) is 16.2 Å². The second kappa shape index (κ2) is 7.14. The second-order valence-electron chi connectivity index (χ2n) is 6.55. The topological polar surface area (TPSA) is 99.6 Å². The van der Waals surface area contributed by atoms with Gasteiger partial charge in [-0.3, -0.25) is 29.6 Å². The lowest BCUT2D eigenvalue weighted by atomic mass is 9.89. The highest BCUT2D eigenvalue weighted by Gasteiger charge is 2.61. The van der Waals surface area contributed by atoms with Crippen LogP contribution in [0.4, 0.5) is 0 Å². The summed E-state index contributed by atoms with van der Waals surface area (Å²) in [5.74, 6) is -3.43. The zero-order valence-electron chi connectivity index (χ0n) is 14.0. The van der Waals surface area contributed by atoms with Gasteiger partial charge in [0.15, 0.2) is 0 Å². The molecule has 4 rings (SSSR count). The number of pyridine rings is 1. The number of carboxylic acids is 1. The van der Waals surface area contributed by atoms with Crippen molar-refractivity contribution in [1.29, 1.82) is 0 Å². The molecule has 9 heteroatoms. The molecule has 2 aromatic heterocycles. The van der Waals surface area contributed by atoms with Crippen LogP contribution in [-0.2, 0) is 20.8 Å². The summed E-state index contributed by atoms with van der Waals surface area (Å²) in [5, 5.41) is 12.6. The summed E-state index contributed by atoms with van der Waals surface area (Å²) in [7, 11) is 0. The predicted molar refractivity (Wildman–Crippen MR) is 101 cm³/mol. The fraction of sp³-hybridized carbons (Fsp3) is 0.333. The Morgan fingerprint density at radius 2 is 2.00 bits per heavy atom. The molecular weight excluding hydrogens is 434 g/mol.